The summed E-state index contributed by atoms with van der Waals surface area (Å²) in [4.78, 5) is 24.5. The standard InChI is InChI=1S/C14H21N3O2S/c1-9(2)17-12-11(13(19)16-17)14(6-4-3-5-7-14)20-8-10(18)15-12/h9H,3-8H2,1-2H3,(H,15,18)(H,16,19). The highest BCUT2D eigenvalue weighted by Crippen LogP contribution is 2.50. The summed E-state index contributed by atoms with van der Waals surface area (Å²) in [5.41, 5.74) is 0.757. The van der Waals surface area contributed by atoms with Gasteiger partial charge < -0.3 is 5.32 Å². The molecule has 1 spiro atoms. The van der Waals surface area contributed by atoms with Gasteiger partial charge >= 0.3 is 0 Å². The van der Waals surface area contributed by atoms with Crippen molar-refractivity contribution in [1.29, 1.82) is 0 Å². The number of carbonyl (C=O) groups excluding carboxylic acids is 1. The molecule has 0 bridgehead atoms. The second-order valence-corrected chi connectivity index (χ2v) is 7.38. The highest BCUT2D eigenvalue weighted by molar-refractivity contribution is 8.00. The fourth-order valence-electron chi connectivity index (χ4n) is 3.34. The molecule has 1 fully saturated rings. The van der Waals surface area contributed by atoms with E-state index in [1.807, 2.05) is 13.8 Å². The molecule has 110 valence electrons. The third kappa shape index (κ3) is 2.10. The van der Waals surface area contributed by atoms with Crippen molar-refractivity contribution in [2.24, 2.45) is 0 Å². The Morgan fingerprint density at radius 3 is 2.55 bits per heavy atom. The summed E-state index contributed by atoms with van der Waals surface area (Å²) >= 11 is 1.65. The van der Waals surface area contributed by atoms with Crippen LogP contribution in [-0.4, -0.2) is 21.4 Å². The number of aromatic amines is 1. The van der Waals surface area contributed by atoms with Crippen LogP contribution in [0.5, 0.6) is 0 Å². The molecule has 20 heavy (non-hydrogen) atoms. The van der Waals surface area contributed by atoms with Crippen LogP contribution in [-0.2, 0) is 9.54 Å². The number of hydrogen-bond donors (Lipinski definition) is 2. The summed E-state index contributed by atoms with van der Waals surface area (Å²) in [5.74, 6) is 1.13. The number of carbonyl (C=O) groups is 1. The number of fused-ring (bicyclic) bond motifs is 2. The zero-order chi connectivity index (χ0) is 14.3. The lowest BCUT2D eigenvalue weighted by molar-refractivity contribution is -0.113. The second-order valence-electron chi connectivity index (χ2n) is 6.02. The van der Waals surface area contributed by atoms with Crippen LogP contribution in [0.1, 0.15) is 57.6 Å². The smallest absolute Gasteiger partial charge is 0.270 e. The van der Waals surface area contributed by atoms with Gasteiger partial charge in [0, 0.05) is 6.04 Å². The van der Waals surface area contributed by atoms with Crippen LogP contribution in [0.4, 0.5) is 5.82 Å². The van der Waals surface area contributed by atoms with Gasteiger partial charge in [-0.3, -0.25) is 19.4 Å². The lowest BCUT2D eigenvalue weighted by atomic mass is 9.83. The second kappa shape index (κ2) is 4.98. The first-order chi connectivity index (χ1) is 9.53. The quantitative estimate of drug-likeness (QED) is 0.837. The summed E-state index contributed by atoms with van der Waals surface area (Å²) in [6.07, 6.45) is 5.47. The molecular formula is C14H21N3O2S. The molecule has 1 aromatic rings. The van der Waals surface area contributed by atoms with Crippen molar-refractivity contribution in [3.05, 3.63) is 15.9 Å². The lowest BCUT2D eigenvalue weighted by Crippen LogP contribution is -2.30. The average Bonchev–Trinajstić information content (AvgIpc) is 2.68. The summed E-state index contributed by atoms with van der Waals surface area (Å²) in [6.45, 7) is 4.02. The van der Waals surface area contributed by atoms with Crippen LogP contribution in [0.2, 0.25) is 0 Å². The van der Waals surface area contributed by atoms with Crippen LogP contribution in [0.25, 0.3) is 0 Å². The molecule has 5 nitrogen and oxygen atoms in total. The van der Waals surface area contributed by atoms with Crippen LogP contribution >= 0.6 is 11.8 Å². The van der Waals surface area contributed by atoms with E-state index in [4.69, 9.17) is 0 Å². The highest BCUT2D eigenvalue weighted by atomic mass is 32.2. The topological polar surface area (TPSA) is 66.9 Å². The van der Waals surface area contributed by atoms with Crippen molar-refractivity contribution in [2.45, 2.75) is 56.7 Å². The van der Waals surface area contributed by atoms with E-state index in [0.29, 0.717) is 11.6 Å². The highest BCUT2D eigenvalue weighted by Gasteiger charge is 2.43. The minimum absolute atomic E-state index is 0.00732. The number of nitrogens with one attached hydrogen (secondary N) is 2. The first-order valence-electron chi connectivity index (χ1n) is 7.32. The Labute approximate surface area is 122 Å². The molecule has 0 unspecified atom stereocenters. The Balaban J connectivity index is 2.19. The van der Waals surface area contributed by atoms with E-state index >= 15 is 0 Å². The Morgan fingerprint density at radius 2 is 1.90 bits per heavy atom. The Hall–Kier alpha value is -1.17. The van der Waals surface area contributed by atoms with E-state index in [-0.39, 0.29) is 22.3 Å². The molecule has 3 rings (SSSR count). The first kappa shape index (κ1) is 13.8. The molecule has 1 amide bonds. The van der Waals surface area contributed by atoms with E-state index in [0.717, 1.165) is 31.2 Å². The minimum atomic E-state index is -0.180. The van der Waals surface area contributed by atoms with E-state index in [9.17, 15) is 9.59 Å². The van der Waals surface area contributed by atoms with Gasteiger partial charge in [0.25, 0.3) is 5.56 Å². The molecule has 0 saturated heterocycles. The van der Waals surface area contributed by atoms with E-state index in [1.165, 1.54) is 6.42 Å². The number of anilines is 1. The van der Waals surface area contributed by atoms with E-state index in [1.54, 1.807) is 16.4 Å². The molecule has 2 heterocycles. The predicted molar refractivity (Wildman–Crippen MR) is 81.3 cm³/mol. The van der Waals surface area contributed by atoms with Crippen molar-refractivity contribution in [3.63, 3.8) is 0 Å². The third-order valence-corrected chi connectivity index (χ3v) is 5.87. The number of aromatic nitrogens is 2. The van der Waals surface area contributed by atoms with Crippen LogP contribution in [0, 0.1) is 0 Å². The molecule has 2 N–H and O–H groups in total. The van der Waals surface area contributed by atoms with Gasteiger partial charge in [0.15, 0.2) is 0 Å². The van der Waals surface area contributed by atoms with Crippen LogP contribution in [0.3, 0.4) is 0 Å². The molecule has 0 aromatic carbocycles. The van der Waals surface area contributed by atoms with Crippen molar-refractivity contribution in [1.82, 2.24) is 9.78 Å². The average molecular weight is 295 g/mol. The number of rotatable bonds is 1. The van der Waals surface area contributed by atoms with Gasteiger partial charge in [0.1, 0.15) is 5.82 Å². The monoisotopic (exact) mass is 295 g/mol. The Bertz CT molecular complexity index is 582. The normalized spacial score (nSPS) is 21.6. The molecule has 0 atom stereocenters. The van der Waals surface area contributed by atoms with Crippen molar-refractivity contribution in [3.8, 4) is 0 Å². The summed E-state index contributed by atoms with van der Waals surface area (Å²) < 4.78 is 1.62. The van der Waals surface area contributed by atoms with Gasteiger partial charge in [0.05, 0.1) is 16.1 Å². The largest absolute Gasteiger partial charge is 0.310 e. The predicted octanol–water partition coefficient (Wildman–Crippen LogP) is 2.60. The first-order valence-corrected chi connectivity index (χ1v) is 8.31. The van der Waals surface area contributed by atoms with Gasteiger partial charge in [-0.1, -0.05) is 19.3 Å². The Morgan fingerprint density at radius 1 is 1.20 bits per heavy atom. The molecule has 1 aromatic heterocycles. The third-order valence-electron chi connectivity index (χ3n) is 4.30. The number of H-pyrrole nitrogens is 1. The van der Waals surface area contributed by atoms with Gasteiger partial charge in [-0.05, 0) is 26.7 Å². The fraction of sp³-hybridized carbons (Fsp3) is 0.714. The van der Waals surface area contributed by atoms with Crippen molar-refractivity contribution >= 4 is 23.5 Å². The van der Waals surface area contributed by atoms with E-state index in [2.05, 4.69) is 10.4 Å². The van der Waals surface area contributed by atoms with Crippen molar-refractivity contribution < 1.29 is 4.79 Å². The zero-order valence-corrected chi connectivity index (χ0v) is 12.8. The summed E-state index contributed by atoms with van der Waals surface area (Å²) in [6, 6.07) is 0.121. The molecule has 1 aliphatic heterocycles. The number of nitrogens with zero attached hydrogens (tertiary/aromatic N) is 1. The fourth-order valence-corrected chi connectivity index (χ4v) is 4.73. The maximum absolute atomic E-state index is 12.5. The molecule has 2 aliphatic rings. The molecule has 1 aliphatic carbocycles. The summed E-state index contributed by atoms with van der Waals surface area (Å²) in [5, 5.41) is 5.84. The zero-order valence-electron chi connectivity index (χ0n) is 12.0. The van der Waals surface area contributed by atoms with Crippen molar-refractivity contribution in [2.75, 3.05) is 11.1 Å². The minimum Gasteiger partial charge on any atom is -0.310 e. The molecule has 1 saturated carbocycles. The van der Waals surface area contributed by atoms with Crippen LogP contribution in [0.15, 0.2) is 4.79 Å². The SMILES string of the molecule is CC(C)n1[nH]c(=O)c2c1NC(=O)CSC21CCCCC1. The van der Waals surface area contributed by atoms with E-state index < -0.39 is 0 Å². The number of hydrogen-bond acceptors (Lipinski definition) is 3. The molecule has 6 heteroatoms. The molecular weight excluding hydrogens is 274 g/mol. The van der Waals surface area contributed by atoms with Crippen LogP contribution < -0.4 is 10.9 Å². The lowest BCUT2D eigenvalue weighted by Gasteiger charge is -2.34. The maximum Gasteiger partial charge on any atom is 0.270 e. The summed E-state index contributed by atoms with van der Waals surface area (Å²) in [7, 11) is 0. The van der Waals surface area contributed by atoms with Gasteiger partial charge in [0.2, 0.25) is 5.91 Å². The number of thioether (sulfide) groups is 1. The van der Waals surface area contributed by atoms with Gasteiger partial charge in [-0.15, -0.1) is 11.8 Å². The maximum atomic E-state index is 12.5. The Kier molecular flexibility index (Phi) is 3.44. The van der Waals surface area contributed by atoms with Gasteiger partial charge in [-0.2, -0.15) is 0 Å². The van der Waals surface area contributed by atoms with Gasteiger partial charge in [-0.25, -0.2) is 0 Å². The molecule has 0 radical (unpaired) electrons. The number of amides is 1.